The Morgan fingerprint density at radius 1 is 1.05 bits per heavy atom. The second-order valence-electron chi connectivity index (χ2n) is 4.54. The minimum Gasteiger partial charge on any atom is -0.459 e. The number of ether oxygens (including phenoxy) is 1. The van der Waals surface area contributed by atoms with Crippen molar-refractivity contribution in [3.8, 4) is 0 Å². The highest BCUT2D eigenvalue weighted by atomic mass is 79.9. The maximum absolute atomic E-state index is 12.4. The van der Waals surface area contributed by atoms with Crippen molar-refractivity contribution in [3.63, 3.8) is 0 Å². The highest BCUT2D eigenvalue weighted by molar-refractivity contribution is 9.10. The van der Waals surface area contributed by atoms with E-state index >= 15 is 0 Å². The first-order valence-electron chi connectivity index (χ1n) is 6.90. The summed E-state index contributed by atoms with van der Waals surface area (Å²) >= 11 is 3.46. The van der Waals surface area contributed by atoms with Gasteiger partial charge in [-0.25, -0.2) is 4.79 Å². The van der Waals surface area contributed by atoms with Crippen LogP contribution in [0.15, 0.2) is 59.1 Å². The summed E-state index contributed by atoms with van der Waals surface area (Å²) in [5.74, 6) is -1.53. The minimum absolute atomic E-state index is 0.169. The quantitative estimate of drug-likeness (QED) is 0.617. The van der Waals surface area contributed by atoms with E-state index in [1.807, 2.05) is 42.5 Å². The Bertz CT molecular complexity index is 658. The monoisotopic (exact) mass is 361 g/mol. The van der Waals surface area contributed by atoms with Gasteiger partial charge in [0.1, 0.15) is 0 Å². The predicted molar refractivity (Wildman–Crippen MR) is 88.4 cm³/mol. The lowest BCUT2D eigenvalue weighted by Gasteiger charge is -2.22. The molecule has 2 rings (SSSR count). The molecule has 0 fully saturated rings. The van der Waals surface area contributed by atoms with E-state index in [2.05, 4.69) is 15.9 Å². The average Bonchev–Trinajstić information content (AvgIpc) is 2.54. The number of hydrogen-bond acceptors (Lipinski definition) is 3. The van der Waals surface area contributed by atoms with Crippen molar-refractivity contribution in [2.24, 2.45) is 0 Å². The molecule has 0 bridgehead atoms. The SMILES string of the molecule is CCOC(=O)C(=O)N(Cc1ccccc1Br)c1ccccc1. The van der Waals surface area contributed by atoms with E-state index in [9.17, 15) is 9.59 Å². The molecule has 0 N–H and O–H groups in total. The molecule has 0 radical (unpaired) electrons. The first-order chi connectivity index (χ1) is 10.6. The fourth-order valence-electron chi connectivity index (χ4n) is 1.99. The van der Waals surface area contributed by atoms with Crippen molar-refractivity contribution < 1.29 is 14.3 Å². The standard InChI is InChI=1S/C17H16BrNO3/c1-2-22-17(21)16(20)19(14-9-4-3-5-10-14)12-13-8-6-7-11-15(13)18/h3-11H,2,12H2,1H3. The summed E-state index contributed by atoms with van der Waals surface area (Å²) in [6.45, 7) is 2.12. The van der Waals surface area contributed by atoms with Crippen molar-refractivity contribution in [1.82, 2.24) is 0 Å². The zero-order valence-corrected chi connectivity index (χ0v) is 13.7. The number of benzene rings is 2. The minimum atomic E-state index is -0.849. The normalized spacial score (nSPS) is 10.1. The molecule has 0 aromatic heterocycles. The number of amides is 1. The van der Waals surface area contributed by atoms with E-state index in [1.54, 1.807) is 19.1 Å². The van der Waals surface area contributed by atoms with Crippen LogP contribution >= 0.6 is 15.9 Å². The van der Waals surface area contributed by atoms with Gasteiger partial charge in [-0.1, -0.05) is 52.3 Å². The second-order valence-corrected chi connectivity index (χ2v) is 5.39. The third kappa shape index (κ3) is 3.95. The van der Waals surface area contributed by atoms with Crippen LogP contribution in [-0.4, -0.2) is 18.5 Å². The Kier molecular flexibility index (Phi) is 5.72. The molecule has 0 saturated heterocycles. The molecule has 0 atom stereocenters. The number of esters is 1. The number of halogens is 1. The molecule has 0 aliphatic rings. The van der Waals surface area contributed by atoms with Crippen LogP contribution in [0.3, 0.4) is 0 Å². The van der Waals surface area contributed by atoms with Crippen LogP contribution < -0.4 is 4.90 Å². The van der Waals surface area contributed by atoms with Gasteiger partial charge < -0.3 is 4.74 Å². The van der Waals surface area contributed by atoms with Gasteiger partial charge in [0.25, 0.3) is 0 Å². The van der Waals surface area contributed by atoms with Crippen molar-refractivity contribution in [2.45, 2.75) is 13.5 Å². The molecule has 0 aliphatic carbocycles. The van der Waals surface area contributed by atoms with Gasteiger partial charge in [-0.2, -0.15) is 0 Å². The van der Waals surface area contributed by atoms with E-state index in [0.717, 1.165) is 10.0 Å². The molecule has 0 unspecified atom stereocenters. The molecule has 0 saturated carbocycles. The third-order valence-corrected chi connectivity index (χ3v) is 3.82. The van der Waals surface area contributed by atoms with Gasteiger partial charge >= 0.3 is 11.9 Å². The number of para-hydroxylation sites is 1. The highest BCUT2D eigenvalue weighted by Crippen LogP contribution is 2.22. The zero-order valence-electron chi connectivity index (χ0n) is 12.2. The van der Waals surface area contributed by atoms with Gasteiger partial charge in [0, 0.05) is 10.2 Å². The molecule has 0 heterocycles. The number of anilines is 1. The first-order valence-corrected chi connectivity index (χ1v) is 7.70. The van der Waals surface area contributed by atoms with Crippen molar-refractivity contribution in [3.05, 3.63) is 64.6 Å². The zero-order chi connectivity index (χ0) is 15.9. The van der Waals surface area contributed by atoms with Crippen LogP contribution in [0.25, 0.3) is 0 Å². The van der Waals surface area contributed by atoms with Crippen LogP contribution in [0.2, 0.25) is 0 Å². The van der Waals surface area contributed by atoms with Gasteiger partial charge in [0.2, 0.25) is 0 Å². The molecule has 1 amide bonds. The van der Waals surface area contributed by atoms with Crippen molar-refractivity contribution in [1.29, 1.82) is 0 Å². The Labute approximate surface area is 137 Å². The topological polar surface area (TPSA) is 46.6 Å². The van der Waals surface area contributed by atoms with Gasteiger partial charge in [-0.15, -0.1) is 0 Å². The van der Waals surface area contributed by atoms with Gasteiger partial charge in [0.15, 0.2) is 0 Å². The number of nitrogens with zero attached hydrogens (tertiary/aromatic N) is 1. The summed E-state index contributed by atoms with van der Waals surface area (Å²) in [5, 5.41) is 0. The summed E-state index contributed by atoms with van der Waals surface area (Å²) in [5.41, 5.74) is 1.56. The van der Waals surface area contributed by atoms with E-state index in [-0.39, 0.29) is 13.2 Å². The summed E-state index contributed by atoms with van der Waals surface area (Å²) in [6.07, 6.45) is 0. The van der Waals surface area contributed by atoms with E-state index in [4.69, 9.17) is 4.74 Å². The smallest absolute Gasteiger partial charge is 0.397 e. The van der Waals surface area contributed by atoms with Gasteiger partial charge in [0.05, 0.1) is 13.2 Å². The van der Waals surface area contributed by atoms with E-state index < -0.39 is 11.9 Å². The Morgan fingerprint density at radius 2 is 1.68 bits per heavy atom. The van der Waals surface area contributed by atoms with E-state index in [0.29, 0.717) is 5.69 Å². The number of carbonyl (C=O) groups is 2. The molecule has 114 valence electrons. The fraction of sp³-hybridized carbons (Fsp3) is 0.176. The molecule has 0 spiro atoms. The maximum atomic E-state index is 12.4. The predicted octanol–water partition coefficient (Wildman–Crippen LogP) is 3.55. The second kappa shape index (κ2) is 7.75. The molecule has 0 aliphatic heterocycles. The van der Waals surface area contributed by atoms with Crippen LogP contribution in [0.5, 0.6) is 0 Å². The van der Waals surface area contributed by atoms with E-state index in [1.165, 1.54) is 4.90 Å². The molecule has 5 heteroatoms. The Balaban J connectivity index is 2.32. The van der Waals surface area contributed by atoms with Crippen LogP contribution in [0, 0.1) is 0 Å². The molecule has 4 nitrogen and oxygen atoms in total. The lowest BCUT2D eigenvalue weighted by atomic mass is 10.2. The number of carbonyl (C=O) groups excluding carboxylic acids is 2. The van der Waals surface area contributed by atoms with Gasteiger partial charge in [-0.05, 0) is 30.7 Å². The molecular formula is C17H16BrNO3. The molecule has 22 heavy (non-hydrogen) atoms. The summed E-state index contributed by atoms with van der Waals surface area (Å²) in [7, 11) is 0. The first kappa shape index (κ1) is 16.2. The third-order valence-electron chi connectivity index (χ3n) is 3.05. The Morgan fingerprint density at radius 3 is 2.32 bits per heavy atom. The highest BCUT2D eigenvalue weighted by Gasteiger charge is 2.25. The number of rotatable bonds is 4. The van der Waals surface area contributed by atoms with Crippen molar-refractivity contribution >= 4 is 33.5 Å². The summed E-state index contributed by atoms with van der Waals surface area (Å²) in [6, 6.07) is 16.6. The molecular weight excluding hydrogens is 346 g/mol. The summed E-state index contributed by atoms with van der Waals surface area (Å²) in [4.78, 5) is 25.6. The van der Waals surface area contributed by atoms with Crippen molar-refractivity contribution in [2.75, 3.05) is 11.5 Å². The molecule has 2 aromatic rings. The lowest BCUT2D eigenvalue weighted by Crippen LogP contribution is -2.37. The van der Waals surface area contributed by atoms with Gasteiger partial charge in [-0.3, -0.25) is 9.69 Å². The van der Waals surface area contributed by atoms with Crippen LogP contribution in [-0.2, 0) is 20.9 Å². The maximum Gasteiger partial charge on any atom is 0.397 e. The Hall–Kier alpha value is -2.14. The lowest BCUT2D eigenvalue weighted by molar-refractivity contribution is -0.153. The largest absolute Gasteiger partial charge is 0.459 e. The molecule has 2 aromatic carbocycles. The van der Waals surface area contributed by atoms with Crippen LogP contribution in [0.1, 0.15) is 12.5 Å². The van der Waals surface area contributed by atoms with Crippen LogP contribution in [0.4, 0.5) is 5.69 Å². The summed E-state index contributed by atoms with van der Waals surface area (Å²) < 4.78 is 5.71. The average molecular weight is 362 g/mol. The number of hydrogen-bond donors (Lipinski definition) is 0. The fourth-order valence-corrected chi connectivity index (χ4v) is 2.40.